The summed E-state index contributed by atoms with van der Waals surface area (Å²) in [4.78, 5) is 26.3. The van der Waals surface area contributed by atoms with Gasteiger partial charge in [-0.15, -0.1) is 0 Å². The largest absolute Gasteiger partial charge is 0.369 e. The van der Waals surface area contributed by atoms with Crippen LogP contribution in [0.3, 0.4) is 0 Å². The summed E-state index contributed by atoms with van der Waals surface area (Å²) in [5.41, 5.74) is 3.09. The minimum atomic E-state index is -0.351. The number of rotatable bonds is 3. The number of amides is 2. The SMILES string of the molecule is Cn1nc(C2CCC(=O)NC2=O)c2cccc(N3CC(C4CCNCC4)C3)c21. The number of para-hydroxylation sites is 1. The van der Waals surface area contributed by atoms with Crippen LogP contribution in [0.5, 0.6) is 0 Å². The molecule has 0 saturated carbocycles. The average Bonchev–Trinajstić information content (AvgIpc) is 2.99. The van der Waals surface area contributed by atoms with E-state index in [4.69, 9.17) is 5.10 Å². The Morgan fingerprint density at radius 1 is 1.07 bits per heavy atom. The molecule has 7 heteroatoms. The molecule has 7 nitrogen and oxygen atoms in total. The molecule has 148 valence electrons. The molecular formula is C21H27N5O2. The van der Waals surface area contributed by atoms with Crippen LogP contribution < -0.4 is 15.5 Å². The highest BCUT2D eigenvalue weighted by Gasteiger charge is 2.36. The molecule has 2 aromatic rings. The first-order chi connectivity index (χ1) is 13.6. The average molecular weight is 381 g/mol. The van der Waals surface area contributed by atoms with Crippen molar-refractivity contribution in [3.8, 4) is 0 Å². The normalized spacial score (nSPS) is 24.5. The van der Waals surface area contributed by atoms with E-state index in [9.17, 15) is 9.59 Å². The van der Waals surface area contributed by atoms with Crippen molar-refractivity contribution in [1.82, 2.24) is 20.4 Å². The van der Waals surface area contributed by atoms with E-state index in [1.807, 2.05) is 11.7 Å². The second-order valence-corrected chi connectivity index (χ2v) is 8.44. The zero-order valence-corrected chi connectivity index (χ0v) is 16.3. The van der Waals surface area contributed by atoms with Gasteiger partial charge in [-0.05, 0) is 50.3 Å². The molecule has 1 unspecified atom stereocenters. The summed E-state index contributed by atoms with van der Waals surface area (Å²) in [7, 11) is 1.95. The highest BCUT2D eigenvalue weighted by atomic mass is 16.2. The fourth-order valence-corrected chi connectivity index (χ4v) is 5.13. The first-order valence-corrected chi connectivity index (χ1v) is 10.4. The van der Waals surface area contributed by atoms with Crippen molar-refractivity contribution >= 4 is 28.4 Å². The number of carbonyl (C=O) groups is 2. The number of nitrogens with zero attached hydrogens (tertiary/aromatic N) is 3. The van der Waals surface area contributed by atoms with Crippen molar-refractivity contribution in [3.05, 3.63) is 23.9 Å². The molecule has 0 radical (unpaired) electrons. The zero-order chi connectivity index (χ0) is 19.3. The van der Waals surface area contributed by atoms with Crippen LogP contribution in [0, 0.1) is 11.8 Å². The van der Waals surface area contributed by atoms with E-state index in [-0.39, 0.29) is 17.7 Å². The molecule has 28 heavy (non-hydrogen) atoms. The van der Waals surface area contributed by atoms with Crippen LogP contribution in [0.1, 0.15) is 37.3 Å². The third-order valence-corrected chi connectivity index (χ3v) is 6.74. The van der Waals surface area contributed by atoms with Crippen molar-refractivity contribution in [2.45, 2.75) is 31.6 Å². The maximum absolute atomic E-state index is 12.4. The van der Waals surface area contributed by atoms with Crippen LogP contribution in [0.15, 0.2) is 18.2 Å². The van der Waals surface area contributed by atoms with E-state index in [0.29, 0.717) is 12.8 Å². The first-order valence-electron chi connectivity index (χ1n) is 10.4. The van der Waals surface area contributed by atoms with Crippen LogP contribution in [-0.2, 0) is 16.6 Å². The predicted octanol–water partition coefficient (Wildman–Crippen LogP) is 1.53. The molecule has 0 bridgehead atoms. The van der Waals surface area contributed by atoms with Crippen molar-refractivity contribution in [2.24, 2.45) is 18.9 Å². The molecule has 2 N–H and O–H groups in total. The summed E-state index contributed by atoms with van der Waals surface area (Å²) in [6, 6.07) is 6.28. The molecule has 3 aliphatic rings. The van der Waals surface area contributed by atoms with Gasteiger partial charge >= 0.3 is 0 Å². The molecule has 3 aliphatic heterocycles. The number of aromatic nitrogens is 2. The van der Waals surface area contributed by atoms with Gasteiger partial charge in [-0.3, -0.25) is 19.6 Å². The van der Waals surface area contributed by atoms with Crippen LogP contribution in [-0.4, -0.2) is 47.8 Å². The zero-order valence-electron chi connectivity index (χ0n) is 16.3. The molecule has 4 heterocycles. The number of nitrogens with one attached hydrogen (secondary N) is 2. The maximum atomic E-state index is 12.4. The van der Waals surface area contributed by atoms with Gasteiger partial charge in [0.1, 0.15) is 0 Å². The van der Waals surface area contributed by atoms with Crippen molar-refractivity contribution in [3.63, 3.8) is 0 Å². The lowest BCUT2D eigenvalue weighted by atomic mass is 9.80. The van der Waals surface area contributed by atoms with Crippen LogP contribution in [0.2, 0.25) is 0 Å². The van der Waals surface area contributed by atoms with Crippen LogP contribution in [0.25, 0.3) is 10.9 Å². The number of carbonyl (C=O) groups excluding carboxylic acids is 2. The summed E-state index contributed by atoms with van der Waals surface area (Å²) >= 11 is 0. The van der Waals surface area contributed by atoms with Gasteiger partial charge in [0, 0.05) is 31.9 Å². The summed E-state index contributed by atoms with van der Waals surface area (Å²) in [6.45, 7) is 4.49. The molecule has 1 aromatic heterocycles. The maximum Gasteiger partial charge on any atom is 0.235 e. The van der Waals surface area contributed by atoms with Gasteiger partial charge < -0.3 is 10.2 Å². The van der Waals surface area contributed by atoms with Crippen molar-refractivity contribution in [2.75, 3.05) is 31.1 Å². The number of anilines is 1. The molecule has 1 atom stereocenters. The Bertz CT molecular complexity index is 924. The monoisotopic (exact) mass is 381 g/mol. The molecule has 1 aromatic carbocycles. The van der Waals surface area contributed by atoms with Gasteiger partial charge in [0.05, 0.1) is 22.8 Å². The number of benzene rings is 1. The van der Waals surface area contributed by atoms with Crippen LogP contribution in [0.4, 0.5) is 5.69 Å². The lowest BCUT2D eigenvalue weighted by molar-refractivity contribution is -0.134. The van der Waals surface area contributed by atoms with E-state index in [1.165, 1.54) is 18.5 Å². The van der Waals surface area contributed by atoms with Gasteiger partial charge in [0.2, 0.25) is 11.8 Å². The van der Waals surface area contributed by atoms with E-state index in [1.54, 1.807) is 0 Å². The van der Waals surface area contributed by atoms with Gasteiger partial charge in [-0.25, -0.2) is 0 Å². The second kappa shape index (κ2) is 6.88. The molecule has 2 amide bonds. The number of piperidine rings is 2. The highest BCUT2D eigenvalue weighted by Crippen LogP contribution is 2.39. The highest BCUT2D eigenvalue weighted by molar-refractivity contribution is 6.03. The van der Waals surface area contributed by atoms with Gasteiger partial charge in [0.25, 0.3) is 0 Å². The second-order valence-electron chi connectivity index (χ2n) is 8.44. The molecule has 0 aliphatic carbocycles. The number of imide groups is 1. The third kappa shape index (κ3) is 2.89. The number of aryl methyl sites for hydroxylation is 1. The summed E-state index contributed by atoms with van der Waals surface area (Å²) < 4.78 is 1.90. The smallest absolute Gasteiger partial charge is 0.235 e. The molecular weight excluding hydrogens is 354 g/mol. The predicted molar refractivity (Wildman–Crippen MR) is 107 cm³/mol. The van der Waals surface area contributed by atoms with Gasteiger partial charge in [0.15, 0.2) is 0 Å². The lowest BCUT2D eigenvalue weighted by Gasteiger charge is -2.46. The van der Waals surface area contributed by atoms with E-state index < -0.39 is 0 Å². The standard InChI is InChI=1S/C21H27N5O2/c1-25-20-15(19(24-25)16-5-6-18(27)23-21(16)28)3-2-4-17(20)26-11-14(12-26)13-7-9-22-10-8-13/h2-4,13-14,16,22H,5-12H2,1H3,(H,23,27,28). The molecule has 3 fully saturated rings. The Labute approximate surface area is 164 Å². The Hall–Kier alpha value is -2.41. The van der Waals surface area contributed by atoms with E-state index in [0.717, 1.165) is 54.6 Å². The van der Waals surface area contributed by atoms with Gasteiger partial charge in [-0.1, -0.05) is 12.1 Å². The van der Waals surface area contributed by atoms with Gasteiger partial charge in [-0.2, -0.15) is 5.10 Å². The number of fused-ring (bicyclic) bond motifs is 1. The quantitative estimate of drug-likeness (QED) is 0.789. The first kappa shape index (κ1) is 17.7. The minimum absolute atomic E-state index is 0.188. The van der Waals surface area contributed by atoms with E-state index >= 15 is 0 Å². The summed E-state index contributed by atoms with van der Waals surface area (Å²) in [6.07, 6.45) is 3.48. The Morgan fingerprint density at radius 3 is 2.61 bits per heavy atom. The fourth-order valence-electron chi connectivity index (χ4n) is 5.13. The summed E-state index contributed by atoms with van der Waals surface area (Å²) in [5, 5.41) is 11.7. The fraction of sp³-hybridized carbons (Fsp3) is 0.571. The number of hydrogen-bond donors (Lipinski definition) is 2. The Morgan fingerprint density at radius 2 is 1.86 bits per heavy atom. The lowest BCUT2D eigenvalue weighted by Crippen LogP contribution is -2.52. The molecule has 5 rings (SSSR count). The van der Waals surface area contributed by atoms with Crippen molar-refractivity contribution in [1.29, 1.82) is 0 Å². The Balaban J connectivity index is 1.42. The topological polar surface area (TPSA) is 79.3 Å². The summed E-state index contributed by atoms with van der Waals surface area (Å²) in [5.74, 6) is 0.848. The van der Waals surface area contributed by atoms with Crippen LogP contribution >= 0.6 is 0 Å². The third-order valence-electron chi connectivity index (χ3n) is 6.74. The molecule has 3 saturated heterocycles. The Kier molecular flexibility index (Phi) is 4.34. The molecule has 0 spiro atoms. The van der Waals surface area contributed by atoms with E-state index in [2.05, 4.69) is 33.7 Å². The number of hydrogen-bond acceptors (Lipinski definition) is 5. The minimum Gasteiger partial charge on any atom is -0.369 e. The van der Waals surface area contributed by atoms with Crippen molar-refractivity contribution < 1.29 is 9.59 Å².